The maximum absolute atomic E-state index is 9.18. The maximum atomic E-state index is 9.18. The van der Waals surface area contributed by atoms with Crippen molar-refractivity contribution in [2.75, 3.05) is 19.0 Å². The molecule has 1 N–H and O–H groups in total. The average molecular weight is 378 g/mol. The molecule has 1 aliphatic rings. The molecule has 6 nitrogen and oxygen atoms in total. The summed E-state index contributed by atoms with van der Waals surface area (Å²) in [4.78, 5) is 9.18. The molecule has 0 radical (unpaired) electrons. The molecule has 6 heteroatoms. The summed E-state index contributed by atoms with van der Waals surface area (Å²) in [5, 5.41) is 11.1. The van der Waals surface area contributed by atoms with Crippen LogP contribution in [0.1, 0.15) is 32.3 Å². The van der Waals surface area contributed by atoms with E-state index >= 15 is 0 Å². The lowest BCUT2D eigenvalue weighted by atomic mass is 9.95. The fraction of sp³-hybridized carbons (Fsp3) is 0.318. The van der Waals surface area contributed by atoms with Crippen LogP contribution < -0.4 is 5.32 Å². The molecule has 2 aromatic carbocycles. The number of hydrogen-bond donors (Lipinski definition) is 1. The minimum Gasteiger partial charge on any atom is -0.468 e. The van der Waals surface area contributed by atoms with E-state index in [9.17, 15) is 4.79 Å². The summed E-state index contributed by atoms with van der Waals surface area (Å²) in [6.45, 7) is 5.01. The second kappa shape index (κ2) is 8.69. The zero-order valence-corrected chi connectivity index (χ0v) is 16.6. The smallest absolute Gasteiger partial charge is 0.293 e. The van der Waals surface area contributed by atoms with Crippen molar-refractivity contribution >= 4 is 12.3 Å². The third-order valence-electron chi connectivity index (χ3n) is 5.07. The van der Waals surface area contributed by atoms with Crippen molar-refractivity contribution in [1.82, 2.24) is 15.0 Å². The van der Waals surface area contributed by atoms with Crippen LogP contribution in [-0.2, 0) is 14.9 Å². The molecule has 1 heterocycles. The van der Waals surface area contributed by atoms with Gasteiger partial charge in [0.25, 0.3) is 6.47 Å². The fourth-order valence-corrected chi connectivity index (χ4v) is 3.00. The summed E-state index contributed by atoms with van der Waals surface area (Å²) in [6.07, 6.45) is 4.34. The molecule has 1 saturated carbocycles. The lowest BCUT2D eigenvalue weighted by Crippen LogP contribution is -2.02. The zero-order chi connectivity index (χ0) is 20.0. The first-order valence-electron chi connectivity index (χ1n) is 9.46. The molecule has 0 atom stereocenters. The molecular formula is C22H26N4O2. The van der Waals surface area contributed by atoms with Gasteiger partial charge in [-0.2, -0.15) is 4.68 Å². The summed E-state index contributed by atoms with van der Waals surface area (Å²) >= 11 is 0. The highest BCUT2D eigenvalue weighted by Crippen LogP contribution is 2.47. The first kappa shape index (κ1) is 19.6. The number of carbonyl (C=O) groups is 1. The van der Waals surface area contributed by atoms with Crippen LogP contribution >= 0.6 is 0 Å². The highest BCUT2D eigenvalue weighted by molar-refractivity contribution is 5.65. The van der Waals surface area contributed by atoms with E-state index in [1.807, 2.05) is 7.05 Å². The Morgan fingerprint density at radius 2 is 1.71 bits per heavy atom. The van der Waals surface area contributed by atoms with Crippen LogP contribution in [0.25, 0.3) is 16.8 Å². The van der Waals surface area contributed by atoms with Gasteiger partial charge in [0.1, 0.15) is 5.82 Å². The molecule has 0 bridgehead atoms. The number of nitrogens with one attached hydrogen (secondary N) is 1. The Hall–Kier alpha value is -3.15. The lowest BCUT2D eigenvalue weighted by Gasteiger charge is -2.10. The molecular weight excluding hydrogens is 352 g/mol. The third-order valence-corrected chi connectivity index (χ3v) is 5.07. The summed E-state index contributed by atoms with van der Waals surface area (Å²) in [5.41, 5.74) is 5.35. The van der Waals surface area contributed by atoms with E-state index in [0.717, 1.165) is 11.5 Å². The monoisotopic (exact) mass is 378 g/mol. The number of hydrogen-bond acceptors (Lipinski definition) is 5. The SMILES string of the molecule is CCOC=O.CNc1cnnn1-c1ccc(-c2ccc(C3(C)CC3)cc2)cc1. The number of aromatic nitrogens is 3. The molecule has 0 saturated heterocycles. The summed E-state index contributed by atoms with van der Waals surface area (Å²) in [7, 11) is 1.87. The van der Waals surface area contributed by atoms with Gasteiger partial charge in [-0.15, -0.1) is 5.10 Å². The van der Waals surface area contributed by atoms with Crippen molar-refractivity contribution in [3.63, 3.8) is 0 Å². The van der Waals surface area contributed by atoms with Gasteiger partial charge in [0.2, 0.25) is 0 Å². The van der Waals surface area contributed by atoms with Crippen LogP contribution in [0.5, 0.6) is 0 Å². The van der Waals surface area contributed by atoms with Gasteiger partial charge in [-0.25, -0.2) is 0 Å². The Morgan fingerprint density at radius 1 is 1.11 bits per heavy atom. The Labute approximate surface area is 165 Å². The van der Waals surface area contributed by atoms with Gasteiger partial charge in [0, 0.05) is 7.05 Å². The normalized spacial score (nSPS) is 13.8. The van der Waals surface area contributed by atoms with E-state index in [2.05, 4.69) is 75.8 Å². The third kappa shape index (κ3) is 4.39. The van der Waals surface area contributed by atoms with Crippen LogP contribution in [0.2, 0.25) is 0 Å². The molecule has 1 aromatic heterocycles. The van der Waals surface area contributed by atoms with Crippen LogP contribution in [0.4, 0.5) is 5.82 Å². The summed E-state index contributed by atoms with van der Waals surface area (Å²) in [5.74, 6) is 0.875. The van der Waals surface area contributed by atoms with Crippen molar-refractivity contribution < 1.29 is 9.53 Å². The quantitative estimate of drug-likeness (QED) is 0.651. The van der Waals surface area contributed by atoms with Crippen molar-refractivity contribution in [3.05, 3.63) is 60.3 Å². The number of ether oxygens (including phenoxy) is 1. The first-order chi connectivity index (χ1) is 13.6. The summed E-state index contributed by atoms with van der Waals surface area (Å²) in [6, 6.07) is 17.4. The van der Waals surface area contributed by atoms with E-state index in [-0.39, 0.29) is 0 Å². The number of anilines is 1. The highest BCUT2D eigenvalue weighted by atomic mass is 16.5. The molecule has 0 spiro atoms. The van der Waals surface area contributed by atoms with Gasteiger partial charge in [0.05, 0.1) is 18.5 Å². The van der Waals surface area contributed by atoms with Gasteiger partial charge < -0.3 is 10.1 Å². The Bertz CT molecular complexity index is 897. The number of benzene rings is 2. The standard InChI is InChI=1S/C19H20N4.C3H6O2/c1-19(11-12-19)16-7-3-14(4-8-16)15-5-9-17(10-6-15)23-18(20-2)13-21-22-23;1-2-5-3-4/h3-10,13,20H,11-12H2,1-2H3;3H,2H2,1H3. The molecule has 1 aliphatic carbocycles. The number of carbonyl (C=O) groups excluding carboxylic acids is 1. The molecule has 146 valence electrons. The van der Waals surface area contributed by atoms with Crippen LogP contribution in [-0.4, -0.2) is 35.1 Å². The fourth-order valence-electron chi connectivity index (χ4n) is 3.00. The Morgan fingerprint density at radius 3 is 2.18 bits per heavy atom. The molecule has 0 aliphatic heterocycles. The molecule has 0 amide bonds. The van der Waals surface area contributed by atoms with E-state index in [4.69, 9.17) is 0 Å². The van der Waals surface area contributed by atoms with E-state index in [1.54, 1.807) is 17.8 Å². The van der Waals surface area contributed by atoms with Crippen molar-refractivity contribution in [1.29, 1.82) is 0 Å². The number of nitrogens with zero attached hydrogens (tertiary/aromatic N) is 3. The van der Waals surface area contributed by atoms with Gasteiger partial charge >= 0.3 is 0 Å². The zero-order valence-electron chi connectivity index (χ0n) is 16.6. The number of rotatable bonds is 6. The first-order valence-corrected chi connectivity index (χ1v) is 9.46. The van der Waals surface area contributed by atoms with Gasteiger partial charge in [-0.1, -0.05) is 48.5 Å². The summed E-state index contributed by atoms with van der Waals surface area (Å²) < 4.78 is 5.95. The lowest BCUT2D eigenvalue weighted by molar-refractivity contribution is -0.128. The Balaban J connectivity index is 0.000000403. The molecule has 3 aromatic rings. The largest absolute Gasteiger partial charge is 0.468 e. The maximum Gasteiger partial charge on any atom is 0.293 e. The predicted octanol–water partition coefficient (Wildman–Crippen LogP) is 4.21. The van der Waals surface area contributed by atoms with Crippen LogP contribution in [0.3, 0.4) is 0 Å². The Kier molecular flexibility index (Phi) is 6.09. The van der Waals surface area contributed by atoms with Crippen molar-refractivity contribution in [2.24, 2.45) is 0 Å². The molecule has 0 unspecified atom stereocenters. The van der Waals surface area contributed by atoms with Gasteiger partial charge in [0.15, 0.2) is 0 Å². The average Bonchev–Trinajstić information content (AvgIpc) is 3.31. The topological polar surface area (TPSA) is 69.0 Å². The van der Waals surface area contributed by atoms with E-state index < -0.39 is 0 Å². The predicted molar refractivity (Wildman–Crippen MR) is 111 cm³/mol. The molecule has 1 fully saturated rings. The minimum atomic E-state index is 0.430. The van der Waals surface area contributed by atoms with Crippen LogP contribution in [0, 0.1) is 0 Å². The van der Waals surface area contributed by atoms with Crippen LogP contribution in [0.15, 0.2) is 54.7 Å². The van der Waals surface area contributed by atoms with E-state index in [0.29, 0.717) is 18.5 Å². The second-order valence-corrected chi connectivity index (χ2v) is 7.02. The van der Waals surface area contributed by atoms with Crippen molar-refractivity contribution in [3.8, 4) is 16.8 Å². The highest BCUT2D eigenvalue weighted by Gasteiger charge is 2.38. The second-order valence-electron chi connectivity index (χ2n) is 7.02. The minimum absolute atomic E-state index is 0.430. The molecule has 28 heavy (non-hydrogen) atoms. The van der Waals surface area contributed by atoms with E-state index in [1.165, 1.54) is 29.5 Å². The van der Waals surface area contributed by atoms with Gasteiger partial charge in [-0.05, 0) is 54.0 Å². The van der Waals surface area contributed by atoms with Crippen molar-refractivity contribution in [2.45, 2.75) is 32.1 Å². The molecule has 4 rings (SSSR count). The van der Waals surface area contributed by atoms with Gasteiger partial charge in [-0.3, -0.25) is 4.79 Å².